The Morgan fingerprint density at radius 1 is 1.32 bits per heavy atom. The summed E-state index contributed by atoms with van der Waals surface area (Å²) in [6, 6.07) is 2.31. The van der Waals surface area contributed by atoms with Crippen molar-refractivity contribution >= 4 is 11.6 Å². The number of amides is 1. The number of carbonyl (C=O) groups excluding carboxylic acids is 1. The van der Waals surface area contributed by atoms with Crippen molar-refractivity contribution in [2.24, 2.45) is 0 Å². The summed E-state index contributed by atoms with van der Waals surface area (Å²) in [5, 5.41) is 16.6. The number of alkyl halides is 3. The lowest BCUT2D eigenvalue weighted by Gasteiger charge is -2.13. The third-order valence-electron chi connectivity index (χ3n) is 4.43. The molecule has 11 heteroatoms. The highest BCUT2D eigenvalue weighted by Crippen LogP contribution is 2.30. The molecule has 2 heterocycles. The molecule has 0 aliphatic rings. The van der Waals surface area contributed by atoms with Crippen LogP contribution in [-0.4, -0.2) is 51.5 Å². The minimum atomic E-state index is -4.61. The number of carbonyl (C=O) groups is 1. The van der Waals surface area contributed by atoms with E-state index in [1.807, 2.05) is 6.92 Å². The van der Waals surface area contributed by atoms with Gasteiger partial charge in [0.2, 0.25) is 0 Å². The number of rotatable bonds is 8. The van der Waals surface area contributed by atoms with Crippen LogP contribution in [0, 0.1) is 12.7 Å². The topological polar surface area (TPSA) is 88.8 Å². The molecule has 166 valence electrons. The lowest BCUT2D eigenvalue weighted by molar-refractivity contribution is -0.137. The molecule has 0 aliphatic heterocycles. The minimum Gasteiger partial charge on any atom is -0.389 e. The van der Waals surface area contributed by atoms with Crippen molar-refractivity contribution in [3.63, 3.8) is 0 Å². The maximum absolute atomic E-state index is 13.8. The normalized spacial score (nSPS) is 12.8. The number of halogens is 4. The maximum atomic E-state index is 13.8. The summed E-state index contributed by atoms with van der Waals surface area (Å²) < 4.78 is 58.1. The number of ether oxygens (including phenoxy) is 1. The predicted molar refractivity (Wildman–Crippen MR) is 102 cm³/mol. The van der Waals surface area contributed by atoms with Crippen LogP contribution in [0.15, 0.2) is 36.8 Å². The Morgan fingerprint density at radius 3 is 2.81 bits per heavy atom. The number of benzene rings is 1. The smallest absolute Gasteiger partial charge is 0.389 e. The molecule has 2 N–H and O–H groups in total. The van der Waals surface area contributed by atoms with E-state index in [1.54, 1.807) is 12.4 Å². The predicted octanol–water partition coefficient (Wildman–Crippen LogP) is 2.55. The van der Waals surface area contributed by atoms with Crippen LogP contribution in [-0.2, 0) is 17.3 Å². The number of fused-ring (bicyclic) bond motifs is 1. The summed E-state index contributed by atoms with van der Waals surface area (Å²) >= 11 is 0. The van der Waals surface area contributed by atoms with Crippen LogP contribution in [0.5, 0.6) is 0 Å². The molecule has 3 rings (SSSR count). The Labute approximate surface area is 174 Å². The van der Waals surface area contributed by atoms with E-state index in [2.05, 4.69) is 15.4 Å². The van der Waals surface area contributed by atoms with Gasteiger partial charge in [0.15, 0.2) is 5.65 Å². The number of aromatic nitrogens is 3. The van der Waals surface area contributed by atoms with Crippen LogP contribution in [0.25, 0.3) is 5.65 Å². The van der Waals surface area contributed by atoms with Gasteiger partial charge in [-0.2, -0.15) is 18.3 Å². The number of aliphatic hydroxyl groups is 1. The van der Waals surface area contributed by atoms with Gasteiger partial charge in [0.25, 0.3) is 5.91 Å². The van der Waals surface area contributed by atoms with Crippen molar-refractivity contribution in [2.45, 2.75) is 25.6 Å². The fraction of sp³-hybridized carbons (Fsp3) is 0.350. The largest absolute Gasteiger partial charge is 0.416 e. The van der Waals surface area contributed by atoms with Gasteiger partial charge in [0, 0.05) is 18.9 Å². The number of hydrogen-bond acceptors (Lipinski definition) is 5. The number of hydrogen-bond donors (Lipinski definition) is 2. The lowest BCUT2D eigenvalue weighted by atomic mass is 10.1. The Bertz CT molecular complexity index is 1070. The van der Waals surface area contributed by atoms with Gasteiger partial charge in [-0.15, -0.1) is 0 Å². The van der Waals surface area contributed by atoms with Gasteiger partial charge in [-0.25, -0.2) is 13.9 Å². The molecule has 0 fully saturated rings. The molecule has 31 heavy (non-hydrogen) atoms. The molecule has 1 unspecified atom stereocenters. The van der Waals surface area contributed by atoms with Crippen molar-refractivity contribution in [3.05, 3.63) is 64.9 Å². The van der Waals surface area contributed by atoms with Crippen LogP contribution in [0.4, 0.5) is 17.6 Å². The maximum Gasteiger partial charge on any atom is 0.416 e. The van der Waals surface area contributed by atoms with Gasteiger partial charge < -0.3 is 15.2 Å². The molecule has 7 nitrogen and oxygen atoms in total. The van der Waals surface area contributed by atoms with Crippen LogP contribution < -0.4 is 5.32 Å². The highest BCUT2D eigenvalue weighted by molar-refractivity contribution is 5.99. The molecule has 3 aromatic rings. The molecule has 2 aromatic heterocycles. The van der Waals surface area contributed by atoms with Crippen LogP contribution in [0.3, 0.4) is 0 Å². The van der Waals surface area contributed by atoms with Crippen LogP contribution in [0.2, 0.25) is 0 Å². The van der Waals surface area contributed by atoms with Gasteiger partial charge in [-0.1, -0.05) is 6.07 Å². The summed E-state index contributed by atoms with van der Waals surface area (Å²) in [6.07, 6.45) is -0.895. The average Bonchev–Trinajstić information content (AvgIpc) is 3.12. The van der Waals surface area contributed by atoms with Gasteiger partial charge in [0.05, 0.1) is 31.1 Å². The Hall–Kier alpha value is -3.05. The minimum absolute atomic E-state index is 0.00932. The summed E-state index contributed by atoms with van der Waals surface area (Å²) in [6.45, 7) is 1.59. The van der Waals surface area contributed by atoms with E-state index in [1.165, 1.54) is 10.7 Å². The van der Waals surface area contributed by atoms with Crippen molar-refractivity contribution in [1.82, 2.24) is 19.9 Å². The lowest BCUT2D eigenvalue weighted by Crippen LogP contribution is -2.34. The first-order chi connectivity index (χ1) is 14.6. The summed E-state index contributed by atoms with van der Waals surface area (Å²) in [5.74, 6) is -1.43. The summed E-state index contributed by atoms with van der Waals surface area (Å²) in [4.78, 5) is 16.4. The molecule has 0 bridgehead atoms. The molecule has 0 radical (unpaired) electrons. The number of aryl methyl sites for hydroxylation is 1. The molecule has 0 saturated carbocycles. The van der Waals surface area contributed by atoms with E-state index in [9.17, 15) is 27.5 Å². The monoisotopic (exact) mass is 440 g/mol. The molecule has 0 spiro atoms. The third kappa shape index (κ3) is 5.76. The first kappa shape index (κ1) is 22.6. The van der Waals surface area contributed by atoms with E-state index in [4.69, 9.17) is 4.74 Å². The van der Waals surface area contributed by atoms with Crippen LogP contribution >= 0.6 is 0 Å². The number of nitrogens with one attached hydrogen (secondary N) is 1. The SMILES string of the molecule is Cc1cnc2c(C(=O)NCC(O)COCCc3ccc(C(F)(F)F)cc3F)cnn2c1. The van der Waals surface area contributed by atoms with Crippen molar-refractivity contribution < 1.29 is 32.2 Å². The van der Waals surface area contributed by atoms with Crippen molar-refractivity contribution in [2.75, 3.05) is 19.8 Å². The molecular weight excluding hydrogens is 420 g/mol. The molecular formula is C20H20F4N4O3. The Morgan fingerprint density at radius 2 is 2.10 bits per heavy atom. The Kier molecular flexibility index (Phi) is 6.86. The quantitative estimate of drug-likeness (QED) is 0.415. The first-order valence-corrected chi connectivity index (χ1v) is 9.35. The van der Waals surface area contributed by atoms with E-state index >= 15 is 0 Å². The van der Waals surface area contributed by atoms with Gasteiger partial charge in [-0.3, -0.25) is 4.79 Å². The summed E-state index contributed by atoms with van der Waals surface area (Å²) in [7, 11) is 0. The van der Waals surface area contributed by atoms with Gasteiger partial charge >= 0.3 is 6.18 Å². The van der Waals surface area contributed by atoms with Crippen LogP contribution in [0.1, 0.15) is 27.0 Å². The molecule has 1 atom stereocenters. The molecule has 1 amide bonds. The van der Waals surface area contributed by atoms with Crippen molar-refractivity contribution in [3.8, 4) is 0 Å². The second-order valence-electron chi connectivity index (χ2n) is 6.95. The fourth-order valence-corrected chi connectivity index (χ4v) is 2.82. The zero-order chi connectivity index (χ0) is 22.6. The fourth-order valence-electron chi connectivity index (χ4n) is 2.82. The standard InChI is InChI=1S/C20H20F4N4O3/c1-12-7-25-18-16(9-27-28(18)10-12)19(30)26-8-15(29)11-31-5-4-13-2-3-14(6-17(13)21)20(22,23)24/h2-3,6-7,9-10,15,29H,4-5,8,11H2,1H3,(H,26,30). The molecule has 0 saturated heterocycles. The molecule has 1 aromatic carbocycles. The average molecular weight is 440 g/mol. The highest BCUT2D eigenvalue weighted by Gasteiger charge is 2.31. The van der Waals surface area contributed by atoms with Gasteiger partial charge in [-0.05, 0) is 36.6 Å². The Balaban J connectivity index is 1.42. The number of nitrogens with zero attached hydrogens (tertiary/aromatic N) is 3. The van der Waals surface area contributed by atoms with E-state index in [0.717, 1.165) is 17.7 Å². The number of aliphatic hydroxyl groups excluding tert-OH is 1. The van der Waals surface area contributed by atoms with Gasteiger partial charge in [0.1, 0.15) is 11.4 Å². The van der Waals surface area contributed by atoms with E-state index in [-0.39, 0.29) is 37.3 Å². The first-order valence-electron chi connectivity index (χ1n) is 9.35. The summed E-state index contributed by atoms with van der Waals surface area (Å²) in [5.41, 5.74) is 0.536. The highest BCUT2D eigenvalue weighted by atomic mass is 19.4. The third-order valence-corrected chi connectivity index (χ3v) is 4.43. The second kappa shape index (κ2) is 9.40. The van der Waals surface area contributed by atoms with E-state index < -0.39 is 29.6 Å². The van der Waals surface area contributed by atoms with Crippen molar-refractivity contribution in [1.29, 1.82) is 0 Å². The van der Waals surface area contributed by atoms with E-state index in [0.29, 0.717) is 11.7 Å². The zero-order valence-corrected chi connectivity index (χ0v) is 16.5. The zero-order valence-electron chi connectivity index (χ0n) is 16.5. The second-order valence-corrected chi connectivity index (χ2v) is 6.95. The molecule has 0 aliphatic carbocycles.